The summed E-state index contributed by atoms with van der Waals surface area (Å²) >= 11 is 6.11. The first kappa shape index (κ1) is 23.4. The fourth-order valence-corrected chi connectivity index (χ4v) is 4.76. The first-order valence-electron chi connectivity index (χ1n) is 10.4. The predicted octanol–water partition coefficient (Wildman–Crippen LogP) is 3.83. The molecule has 3 aromatic rings. The Kier molecular flexibility index (Phi) is 6.30. The molecule has 0 aliphatic heterocycles. The van der Waals surface area contributed by atoms with E-state index < -0.39 is 27.7 Å². The Morgan fingerprint density at radius 1 is 1.27 bits per heavy atom. The molecule has 1 atom stereocenters. The molecule has 0 radical (unpaired) electrons. The molecule has 0 saturated heterocycles. The highest BCUT2D eigenvalue weighted by molar-refractivity contribution is 7.85. The summed E-state index contributed by atoms with van der Waals surface area (Å²) in [6.07, 6.45) is 2.52. The molecule has 0 spiro atoms. The van der Waals surface area contributed by atoms with Crippen molar-refractivity contribution in [1.82, 2.24) is 9.55 Å². The van der Waals surface area contributed by atoms with Gasteiger partial charge in [0.2, 0.25) is 0 Å². The molecule has 1 N–H and O–H groups in total. The van der Waals surface area contributed by atoms with Gasteiger partial charge in [0.1, 0.15) is 11.9 Å². The van der Waals surface area contributed by atoms with Gasteiger partial charge in [0, 0.05) is 10.6 Å². The van der Waals surface area contributed by atoms with Gasteiger partial charge in [-0.1, -0.05) is 29.8 Å². The average molecular weight is 491 g/mol. The van der Waals surface area contributed by atoms with Crippen LogP contribution < -0.4 is 5.56 Å². The van der Waals surface area contributed by atoms with Crippen LogP contribution in [0.4, 0.5) is 0 Å². The van der Waals surface area contributed by atoms with Crippen LogP contribution in [-0.2, 0) is 19.1 Å². The molecule has 1 heterocycles. The van der Waals surface area contributed by atoms with Gasteiger partial charge in [-0.15, -0.1) is 0 Å². The molecule has 1 saturated carbocycles. The molecule has 174 valence electrons. The Bertz CT molecular complexity index is 1400. The molecule has 33 heavy (non-hydrogen) atoms. The van der Waals surface area contributed by atoms with E-state index in [1.165, 1.54) is 11.5 Å². The Balaban J connectivity index is 1.72. The Morgan fingerprint density at radius 2 is 2.00 bits per heavy atom. The molecule has 1 unspecified atom stereocenters. The van der Waals surface area contributed by atoms with E-state index in [-0.39, 0.29) is 24.3 Å². The van der Waals surface area contributed by atoms with Crippen LogP contribution in [0, 0.1) is 5.92 Å². The van der Waals surface area contributed by atoms with E-state index in [0.29, 0.717) is 21.5 Å². The van der Waals surface area contributed by atoms with Crippen LogP contribution in [0.2, 0.25) is 5.02 Å². The highest BCUT2D eigenvalue weighted by atomic mass is 35.5. The number of carboxylic acids is 1. The molecule has 0 bridgehead atoms. The van der Waals surface area contributed by atoms with Crippen molar-refractivity contribution < 1.29 is 22.5 Å². The predicted molar refractivity (Wildman–Crippen MR) is 125 cm³/mol. The average Bonchev–Trinajstić information content (AvgIpc) is 2.71. The summed E-state index contributed by atoms with van der Waals surface area (Å²) in [4.78, 5) is 29.8. The monoisotopic (exact) mass is 490 g/mol. The maximum absolute atomic E-state index is 13.5. The molecule has 1 fully saturated rings. The topological polar surface area (TPSA) is 116 Å². The maximum atomic E-state index is 13.5. The zero-order valence-corrected chi connectivity index (χ0v) is 19.6. The maximum Gasteiger partial charge on any atom is 0.326 e. The normalized spacial score (nSPS) is 19.2. The Labute approximate surface area is 195 Å². The third-order valence-electron chi connectivity index (χ3n) is 5.98. The first-order chi connectivity index (χ1) is 15.5. The zero-order valence-electron chi connectivity index (χ0n) is 18.1. The Morgan fingerprint density at radius 3 is 2.64 bits per heavy atom. The third kappa shape index (κ3) is 4.95. The van der Waals surface area contributed by atoms with Gasteiger partial charge in [-0.3, -0.25) is 13.5 Å². The minimum atomic E-state index is -3.47. The number of hydrogen-bond donors (Lipinski definition) is 1. The molecule has 10 heteroatoms. The lowest BCUT2D eigenvalue weighted by Crippen LogP contribution is -2.31. The van der Waals surface area contributed by atoms with Crippen LogP contribution in [0.3, 0.4) is 0 Å². The van der Waals surface area contributed by atoms with Crippen molar-refractivity contribution in [1.29, 1.82) is 0 Å². The van der Waals surface area contributed by atoms with Crippen molar-refractivity contribution in [3.8, 4) is 11.4 Å². The van der Waals surface area contributed by atoms with Crippen LogP contribution in [0.15, 0.2) is 47.3 Å². The van der Waals surface area contributed by atoms with E-state index in [0.717, 1.165) is 24.7 Å². The van der Waals surface area contributed by atoms with Crippen molar-refractivity contribution in [2.45, 2.75) is 31.7 Å². The zero-order chi connectivity index (χ0) is 23.9. The summed E-state index contributed by atoms with van der Waals surface area (Å²) in [6, 6.07) is 11.1. The minimum absolute atomic E-state index is 0.132. The second-order valence-electron chi connectivity index (χ2n) is 8.43. The number of nitrogens with zero attached hydrogens (tertiary/aromatic N) is 2. The summed E-state index contributed by atoms with van der Waals surface area (Å²) in [5, 5.41) is 10.4. The number of halogens is 1. The number of fused-ring (bicyclic) bond motifs is 1. The fraction of sp³-hybridized carbons (Fsp3) is 0.348. The van der Waals surface area contributed by atoms with Crippen LogP contribution in [0.1, 0.15) is 37.3 Å². The van der Waals surface area contributed by atoms with Gasteiger partial charge in [-0.05, 0) is 61.4 Å². The van der Waals surface area contributed by atoms with Crippen molar-refractivity contribution in [3.63, 3.8) is 0 Å². The molecule has 1 aromatic heterocycles. The molecule has 8 nitrogen and oxygen atoms in total. The van der Waals surface area contributed by atoms with Crippen molar-refractivity contribution in [2.75, 3.05) is 12.9 Å². The van der Waals surface area contributed by atoms with Gasteiger partial charge in [0.05, 0.1) is 23.8 Å². The number of hydrogen-bond acceptors (Lipinski definition) is 6. The number of carbonyl (C=O) groups is 1. The lowest BCUT2D eigenvalue weighted by Gasteiger charge is -2.35. The van der Waals surface area contributed by atoms with Crippen LogP contribution in [-0.4, -0.2) is 41.9 Å². The highest BCUT2D eigenvalue weighted by Gasteiger charge is 2.32. The fourth-order valence-electron chi connectivity index (χ4n) is 4.14. The summed E-state index contributed by atoms with van der Waals surface area (Å²) in [7, 11) is -3.47. The smallest absolute Gasteiger partial charge is 0.326 e. The second-order valence-corrected chi connectivity index (χ2v) is 10.5. The molecule has 1 aliphatic carbocycles. The molecule has 4 rings (SSSR count). The highest BCUT2D eigenvalue weighted by Crippen LogP contribution is 2.42. The Hall–Kier alpha value is -2.75. The summed E-state index contributed by atoms with van der Waals surface area (Å²) in [5.41, 5.74) is 1.50. The number of rotatable bonds is 7. The van der Waals surface area contributed by atoms with Gasteiger partial charge in [-0.2, -0.15) is 8.42 Å². The SMILES string of the molecule is CC(C(=O)O)n1c(-c2cccc(Cl)c2)nc2ccc(C3CC(COS(C)(=O)=O)C3)cc2c1=O. The van der Waals surface area contributed by atoms with Crippen molar-refractivity contribution >= 4 is 38.6 Å². The second kappa shape index (κ2) is 8.89. The molecule has 0 amide bonds. The van der Waals surface area contributed by atoms with Crippen LogP contribution in [0.5, 0.6) is 0 Å². The van der Waals surface area contributed by atoms with Crippen molar-refractivity contribution in [3.05, 3.63) is 63.4 Å². The molecular weight excluding hydrogens is 468 g/mol. The van der Waals surface area contributed by atoms with Gasteiger partial charge in [-0.25, -0.2) is 9.78 Å². The summed E-state index contributed by atoms with van der Waals surface area (Å²) in [5.74, 6) is -0.614. The van der Waals surface area contributed by atoms with E-state index in [2.05, 4.69) is 4.98 Å². The van der Waals surface area contributed by atoms with E-state index in [1.807, 2.05) is 6.07 Å². The minimum Gasteiger partial charge on any atom is -0.480 e. The van der Waals surface area contributed by atoms with E-state index in [9.17, 15) is 23.1 Å². The van der Waals surface area contributed by atoms with Crippen molar-refractivity contribution in [2.24, 2.45) is 5.92 Å². The number of aromatic nitrogens is 2. The molecular formula is C23H23ClN2O6S. The lowest BCUT2D eigenvalue weighted by molar-refractivity contribution is -0.140. The summed E-state index contributed by atoms with van der Waals surface area (Å²) in [6.45, 7) is 1.59. The number of carboxylic acid groups (broad SMARTS) is 1. The third-order valence-corrected chi connectivity index (χ3v) is 6.78. The van der Waals surface area contributed by atoms with Crippen LogP contribution >= 0.6 is 11.6 Å². The largest absolute Gasteiger partial charge is 0.480 e. The van der Waals surface area contributed by atoms with E-state index >= 15 is 0 Å². The van der Waals surface area contributed by atoms with E-state index in [4.69, 9.17) is 15.8 Å². The molecule has 1 aliphatic rings. The standard InChI is InChI=1S/C23H23ClN2O6S/c1-13(23(28)29)26-21(16-4-3-5-18(24)10-16)25-20-7-6-15(11-19(20)22(26)27)17-8-14(9-17)12-32-33(2,30)31/h3-7,10-11,13-14,17H,8-9,12H2,1-2H3,(H,28,29). The lowest BCUT2D eigenvalue weighted by atomic mass is 9.72. The van der Waals surface area contributed by atoms with Gasteiger partial charge in [0.15, 0.2) is 0 Å². The van der Waals surface area contributed by atoms with Crippen LogP contribution in [0.25, 0.3) is 22.3 Å². The number of benzene rings is 2. The van der Waals surface area contributed by atoms with E-state index in [1.54, 1.807) is 36.4 Å². The molecule has 2 aromatic carbocycles. The van der Waals surface area contributed by atoms with Gasteiger partial charge in [0.25, 0.3) is 15.7 Å². The van der Waals surface area contributed by atoms with Gasteiger partial charge < -0.3 is 5.11 Å². The number of aliphatic carboxylic acids is 1. The quantitative estimate of drug-likeness (QED) is 0.500. The van der Waals surface area contributed by atoms with Gasteiger partial charge >= 0.3 is 5.97 Å². The summed E-state index contributed by atoms with van der Waals surface area (Å²) < 4.78 is 28.4. The first-order valence-corrected chi connectivity index (χ1v) is 12.6.